The summed E-state index contributed by atoms with van der Waals surface area (Å²) in [5.74, 6) is -0.497. The zero-order valence-corrected chi connectivity index (χ0v) is 11.8. The average molecular weight is 292 g/mol. The molecule has 21 heavy (non-hydrogen) atoms. The highest BCUT2D eigenvalue weighted by atomic mass is 16.5. The number of aliphatic carboxylic acids is 1. The fourth-order valence-corrected chi connectivity index (χ4v) is 2.28. The van der Waals surface area contributed by atoms with Crippen molar-refractivity contribution in [1.82, 2.24) is 10.6 Å². The molecule has 2 rings (SSSR count). The Morgan fingerprint density at radius 1 is 1.24 bits per heavy atom. The van der Waals surface area contributed by atoms with E-state index >= 15 is 0 Å². The molecule has 1 aromatic carbocycles. The van der Waals surface area contributed by atoms with Gasteiger partial charge in [-0.15, -0.1) is 0 Å². The molecule has 2 amide bonds. The first kappa shape index (κ1) is 15.3. The molecule has 6 heteroatoms. The Morgan fingerprint density at radius 2 is 2.00 bits per heavy atom. The van der Waals surface area contributed by atoms with Gasteiger partial charge in [-0.25, -0.2) is 4.79 Å². The summed E-state index contributed by atoms with van der Waals surface area (Å²) in [5, 5.41) is 14.4. The fraction of sp³-hybridized carbons (Fsp3) is 0.467. The van der Waals surface area contributed by atoms with E-state index in [0.717, 1.165) is 24.2 Å². The number of carboxylic acids is 1. The molecular formula is C15H20N2O4. The highest BCUT2D eigenvalue weighted by molar-refractivity contribution is 5.74. The van der Waals surface area contributed by atoms with Crippen molar-refractivity contribution < 1.29 is 19.4 Å². The van der Waals surface area contributed by atoms with Crippen molar-refractivity contribution in [2.75, 3.05) is 19.8 Å². The number of rotatable bonds is 6. The summed E-state index contributed by atoms with van der Waals surface area (Å²) in [4.78, 5) is 22.5. The molecule has 0 aromatic heterocycles. The largest absolute Gasteiger partial charge is 0.481 e. The number of nitrogens with one attached hydrogen (secondary N) is 2. The van der Waals surface area contributed by atoms with Gasteiger partial charge in [0.05, 0.1) is 13.0 Å². The first-order chi connectivity index (χ1) is 10.1. The molecule has 0 radical (unpaired) electrons. The van der Waals surface area contributed by atoms with Crippen LogP contribution < -0.4 is 10.6 Å². The van der Waals surface area contributed by atoms with Crippen LogP contribution in [-0.2, 0) is 22.5 Å². The van der Waals surface area contributed by atoms with Gasteiger partial charge >= 0.3 is 12.0 Å². The maximum absolute atomic E-state index is 11.7. The minimum absolute atomic E-state index is 0.0428. The highest BCUT2D eigenvalue weighted by Crippen LogP contribution is 2.11. The molecule has 1 fully saturated rings. The van der Waals surface area contributed by atoms with Crippen LogP contribution in [-0.4, -0.2) is 36.9 Å². The molecule has 6 nitrogen and oxygen atoms in total. The van der Waals surface area contributed by atoms with Crippen molar-refractivity contribution in [2.45, 2.75) is 19.4 Å². The van der Waals surface area contributed by atoms with Gasteiger partial charge in [0.2, 0.25) is 0 Å². The number of urea groups is 1. The minimum Gasteiger partial charge on any atom is -0.481 e. The molecule has 3 N–H and O–H groups in total. The van der Waals surface area contributed by atoms with Gasteiger partial charge in [0.15, 0.2) is 0 Å². The molecule has 1 aromatic rings. The molecule has 1 saturated heterocycles. The van der Waals surface area contributed by atoms with E-state index in [2.05, 4.69) is 10.6 Å². The van der Waals surface area contributed by atoms with Crippen LogP contribution in [0.4, 0.5) is 4.79 Å². The lowest BCUT2D eigenvalue weighted by Crippen LogP contribution is -2.38. The normalized spacial score (nSPS) is 17.4. The van der Waals surface area contributed by atoms with E-state index in [1.165, 1.54) is 0 Å². The van der Waals surface area contributed by atoms with Gasteiger partial charge in [0.25, 0.3) is 0 Å². The third-order valence-corrected chi connectivity index (χ3v) is 3.47. The lowest BCUT2D eigenvalue weighted by atomic mass is 10.0. The van der Waals surface area contributed by atoms with Gasteiger partial charge in [0, 0.05) is 25.6 Å². The Hall–Kier alpha value is -2.08. The number of carbonyl (C=O) groups excluding carboxylic acids is 1. The van der Waals surface area contributed by atoms with E-state index < -0.39 is 5.97 Å². The molecule has 0 bridgehead atoms. The molecule has 114 valence electrons. The van der Waals surface area contributed by atoms with Gasteiger partial charge in [0.1, 0.15) is 0 Å². The maximum Gasteiger partial charge on any atom is 0.315 e. The number of ether oxygens (including phenoxy) is 1. The van der Waals surface area contributed by atoms with Crippen molar-refractivity contribution in [3.63, 3.8) is 0 Å². The summed E-state index contributed by atoms with van der Waals surface area (Å²) in [6.07, 6.45) is 0.931. The summed E-state index contributed by atoms with van der Waals surface area (Å²) in [7, 11) is 0. The lowest BCUT2D eigenvalue weighted by molar-refractivity contribution is -0.136. The third kappa shape index (κ3) is 5.07. The van der Waals surface area contributed by atoms with Crippen LogP contribution in [0.3, 0.4) is 0 Å². The standard InChI is InChI=1S/C15H20N2O4/c18-14(19)7-12-3-1-2-4-13(12)9-17-15(20)16-8-11-5-6-21-10-11/h1-4,11H,5-10H2,(H,18,19)(H2,16,17,20). The SMILES string of the molecule is O=C(O)Cc1ccccc1CNC(=O)NCC1CCOC1. The molecule has 0 saturated carbocycles. The summed E-state index contributed by atoms with van der Waals surface area (Å²) in [5.41, 5.74) is 1.54. The molecule has 1 aliphatic heterocycles. The number of hydrogen-bond donors (Lipinski definition) is 3. The smallest absolute Gasteiger partial charge is 0.315 e. The van der Waals surface area contributed by atoms with Gasteiger partial charge in [-0.2, -0.15) is 0 Å². The van der Waals surface area contributed by atoms with Crippen molar-refractivity contribution >= 4 is 12.0 Å². The van der Waals surface area contributed by atoms with Crippen LogP contribution >= 0.6 is 0 Å². The van der Waals surface area contributed by atoms with Crippen LogP contribution in [0, 0.1) is 5.92 Å². The first-order valence-corrected chi connectivity index (χ1v) is 7.03. The minimum atomic E-state index is -0.881. The number of carbonyl (C=O) groups is 2. The molecule has 0 spiro atoms. The van der Waals surface area contributed by atoms with E-state index in [1.54, 1.807) is 12.1 Å². The predicted octanol–water partition coefficient (Wildman–Crippen LogP) is 1.15. The van der Waals surface area contributed by atoms with E-state index in [0.29, 0.717) is 25.6 Å². The summed E-state index contributed by atoms with van der Waals surface area (Å²) < 4.78 is 5.24. The first-order valence-electron chi connectivity index (χ1n) is 7.03. The Morgan fingerprint density at radius 3 is 2.67 bits per heavy atom. The second-order valence-electron chi connectivity index (χ2n) is 5.13. The van der Waals surface area contributed by atoms with Gasteiger partial charge < -0.3 is 20.5 Å². The van der Waals surface area contributed by atoms with Crippen molar-refractivity contribution in [1.29, 1.82) is 0 Å². The Balaban J connectivity index is 1.79. The number of carboxylic acid groups (broad SMARTS) is 1. The monoisotopic (exact) mass is 292 g/mol. The Kier molecular flexibility index (Phi) is 5.57. The fourth-order valence-electron chi connectivity index (χ4n) is 2.28. The van der Waals surface area contributed by atoms with Crippen molar-refractivity contribution in [2.24, 2.45) is 5.92 Å². The molecule has 1 atom stereocenters. The average Bonchev–Trinajstić information content (AvgIpc) is 2.97. The summed E-state index contributed by atoms with van der Waals surface area (Å²) in [6, 6.07) is 6.97. The van der Waals surface area contributed by atoms with E-state index in [9.17, 15) is 9.59 Å². The van der Waals surface area contributed by atoms with Crippen LogP contribution in [0.5, 0.6) is 0 Å². The highest BCUT2D eigenvalue weighted by Gasteiger charge is 2.16. The Bertz CT molecular complexity index is 498. The van der Waals surface area contributed by atoms with Crippen LogP contribution in [0.15, 0.2) is 24.3 Å². The summed E-state index contributed by atoms with van der Waals surface area (Å²) in [6.45, 7) is 2.37. The van der Waals surface area contributed by atoms with Crippen molar-refractivity contribution in [3.05, 3.63) is 35.4 Å². The van der Waals surface area contributed by atoms with Gasteiger partial charge in [-0.3, -0.25) is 4.79 Å². The molecule has 1 heterocycles. The topological polar surface area (TPSA) is 87.7 Å². The van der Waals surface area contributed by atoms with E-state index in [1.807, 2.05) is 12.1 Å². The molecule has 0 aliphatic carbocycles. The van der Waals surface area contributed by atoms with Gasteiger partial charge in [-0.05, 0) is 17.5 Å². The van der Waals surface area contributed by atoms with Gasteiger partial charge in [-0.1, -0.05) is 24.3 Å². The second kappa shape index (κ2) is 7.64. The van der Waals surface area contributed by atoms with Crippen LogP contribution in [0.25, 0.3) is 0 Å². The van der Waals surface area contributed by atoms with Crippen molar-refractivity contribution in [3.8, 4) is 0 Å². The number of benzene rings is 1. The second-order valence-corrected chi connectivity index (χ2v) is 5.13. The Labute approximate surface area is 123 Å². The number of amides is 2. The van der Waals surface area contributed by atoms with E-state index in [4.69, 9.17) is 9.84 Å². The number of hydrogen-bond acceptors (Lipinski definition) is 3. The zero-order valence-electron chi connectivity index (χ0n) is 11.8. The molecular weight excluding hydrogens is 272 g/mol. The molecule has 1 unspecified atom stereocenters. The zero-order chi connectivity index (χ0) is 15.1. The predicted molar refractivity (Wildman–Crippen MR) is 76.9 cm³/mol. The quantitative estimate of drug-likeness (QED) is 0.734. The van der Waals surface area contributed by atoms with Crippen LogP contribution in [0.1, 0.15) is 17.5 Å². The maximum atomic E-state index is 11.7. The lowest BCUT2D eigenvalue weighted by Gasteiger charge is -2.12. The van der Waals surface area contributed by atoms with E-state index in [-0.39, 0.29) is 12.5 Å². The molecule has 1 aliphatic rings. The third-order valence-electron chi connectivity index (χ3n) is 3.47. The summed E-state index contributed by atoms with van der Waals surface area (Å²) >= 11 is 0. The van der Waals surface area contributed by atoms with Crippen LogP contribution in [0.2, 0.25) is 0 Å².